The van der Waals surface area contributed by atoms with Crippen LogP contribution in [0.15, 0.2) is 47.4 Å². The Bertz CT molecular complexity index is 1090. The second kappa shape index (κ2) is 10.1. The SMILES string of the molecule is Cc1ccc(S(=O)(=O)N2CCOCC2)cc1NC(=O)c1ccccc1OCC(=O)N(C)C. The van der Waals surface area contributed by atoms with Gasteiger partial charge in [-0.1, -0.05) is 18.2 Å². The number of carbonyl (C=O) groups excluding carboxylic acids is 2. The second-order valence-electron chi connectivity index (χ2n) is 7.52. The van der Waals surface area contributed by atoms with Crippen molar-refractivity contribution in [1.29, 1.82) is 0 Å². The first-order valence-corrected chi connectivity index (χ1v) is 11.6. The Morgan fingerprint density at radius 2 is 1.81 bits per heavy atom. The number of benzene rings is 2. The molecule has 0 spiro atoms. The number of aryl methyl sites for hydroxylation is 1. The first-order valence-electron chi connectivity index (χ1n) is 10.1. The van der Waals surface area contributed by atoms with Crippen LogP contribution in [-0.4, -0.2) is 76.4 Å². The zero-order valence-corrected chi connectivity index (χ0v) is 19.1. The summed E-state index contributed by atoms with van der Waals surface area (Å²) in [6, 6.07) is 11.2. The van der Waals surface area contributed by atoms with Crippen LogP contribution in [0.4, 0.5) is 5.69 Å². The number of anilines is 1. The van der Waals surface area contributed by atoms with Crippen molar-refractivity contribution in [3.63, 3.8) is 0 Å². The van der Waals surface area contributed by atoms with Gasteiger partial charge >= 0.3 is 0 Å². The van der Waals surface area contributed by atoms with Gasteiger partial charge in [0, 0.05) is 32.9 Å². The van der Waals surface area contributed by atoms with Crippen molar-refractivity contribution in [2.45, 2.75) is 11.8 Å². The van der Waals surface area contributed by atoms with Crippen LogP contribution in [0.2, 0.25) is 0 Å². The normalized spacial score (nSPS) is 14.6. The third-order valence-electron chi connectivity index (χ3n) is 5.05. The van der Waals surface area contributed by atoms with Crippen LogP contribution in [0.25, 0.3) is 0 Å². The molecule has 0 aromatic heterocycles. The van der Waals surface area contributed by atoms with Crippen LogP contribution in [0.5, 0.6) is 5.75 Å². The monoisotopic (exact) mass is 461 g/mol. The predicted octanol–water partition coefficient (Wildman–Crippen LogP) is 1.74. The quantitative estimate of drug-likeness (QED) is 0.673. The fourth-order valence-electron chi connectivity index (χ4n) is 3.07. The number of likely N-dealkylation sites (N-methyl/N-ethyl adjacent to an activating group) is 1. The molecule has 0 saturated carbocycles. The second-order valence-corrected chi connectivity index (χ2v) is 9.46. The van der Waals surface area contributed by atoms with Gasteiger partial charge in [0.05, 0.1) is 23.7 Å². The number of ether oxygens (including phenoxy) is 2. The van der Waals surface area contributed by atoms with Crippen LogP contribution in [-0.2, 0) is 19.6 Å². The molecule has 2 aromatic carbocycles. The minimum absolute atomic E-state index is 0.0985. The van der Waals surface area contributed by atoms with E-state index >= 15 is 0 Å². The highest BCUT2D eigenvalue weighted by Crippen LogP contribution is 2.25. The van der Waals surface area contributed by atoms with Crippen molar-refractivity contribution in [2.75, 3.05) is 52.3 Å². The number of sulfonamides is 1. The lowest BCUT2D eigenvalue weighted by Gasteiger charge is -2.26. The molecule has 32 heavy (non-hydrogen) atoms. The van der Waals surface area contributed by atoms with Crippen molar-refractivity contribution >= 4 is 27.5 Å². The van der Waals surface area contributed by atoms with E-state index in [4.69, 9.17) is 9.47 Å². The fraction of sp³-hybridized carbons (Fsp3) is 0.364. The number of nitrogens with zero attached hydrogens (tertiary/aromatic N) is 2. The number of carbonyl (C=O) groups is 2. The molecule has 0 unspecified atom stereocenters. The van der Waals surface area contributed by atoms with E-state index in [0.29, 0.717) is 24.5 Å². The molecule has 1 aliphatic heterocycles. The highest BCUT2D eigenvalue weighted by molar-refractivity contribution is 7.89. The van der Waals surface area contributed by atoms with E-state index in [1.165, 1.54) is 21.3 Å². The summed E-state index contributed by atoms with van der Waals surface area (Å²) >= 11 is 0. The zero-order chi connectivity index (χ0) is 23.3. The average Bonchev–Trinajstić information content (AvgIpc) is 2.79. The standard InChI is InChI=1S/C22H27N3O6S/c1-16-8-9-17(32(28,29)25-10-12-30-13-11-25)14-19(16)23-22(27)18-6-4-5-7-20(18)31-15-21(26)24(2)3/h4-9,14H,10-13,15H2,1-3H3,(H,23,27). The van der Waals surface area contributed by atoms with Gasteiger partial charge in [0.2, 0.25) is 10.0 Å². The lowest BCUT2D eigenvalue weighted by molar-refractivity contribution is -0.130. The predicted molar refractivity (Wildman–Crippen MR) is 119 cm³/mol. The summed E-state index contributed by atoms with van der Waals surface area (Å²) in [5.74, 6) is -0.450. The lowest BCUT2D eigenvalue weighted by atomic mass is 10.1. The molecule has 1 fully saturated rings. The Morgan fingerprint density at radius 3 is 2.50 bits per heavy atom. The van der Waals surface area contributed by atoms with Crippen LogP contribution in [0, 0.1) is 6.92 Å². The van der Waals surface area contributed by atoms with Gasteiger partial charge in [0.25, 0.3) is 11.8 Å². The molecule has 10 heteroatoms. The van der Waals surface area contributed by atoms with Crippen molar-refractivity contribution < 1.29 is 27.5 Å². The van der Waals surface area contributed by atoms with E-state index in [1.54, 1.807) is 51.4 Å². The Balaban J connectivity index is 1.81. The van der Waals surface area contributed by atoms with E-state index in [9.17, 15) is 18.0 Å². The molecule has 9 nitrogen and oxygen atoms in total. The van der Waals surface area contributed by atoms with Gasteiger partial charge in [-0.05, 0) is 36.8 Å². The molecule has 0 atom stereocenters. The summed E-state index contributed by atoms with van der Waals surface area (Å²) in [6.45, 7) is 2.84. The molecule has 0 bridgehead atoms. The Labute approximate surface area is 188 Å². The molecule has 2 aromatic rings. The average molecular weight is 462 g/mol. The highest BCUT2D eigenvalue weighted by atomic mass is 32.2. The molecular weight excluding hydrogens is 434 g/mol. The van der Waals surface area contributed by atoms with Crippen molar-refractivity contribution in [3.05, 3.63) is 53.6 Å². The maximum absolute atomic E-state index is 13.0. The van der Waals surface area contributed by atoms with Gasteiger partial charge in [0.15, 0.2) is 6.61 Å². The number of amides is 2. The summed E-state index contributed by atoms with van der Waals surface area (Å²) in [5.41, 5.74) is 1.32. The number of nitrogens with one attached hydrogen (secondary N) is 1. The number of rotatable bonds is 7. The fourth-order valence-corrected chi connectivity index (χ4v) is 4.51. The van der Waals surface area contributed by atoms with Crippen LogP contribution < -0.4 is 10.1 Å². The molecule has 3 rings (SSSR count). The minimum atomic E-state index is -3.70. The van der Waals surface area contributed by atoms with Crippen LogP contribution in [0.3, 0.4) is 0 Å². The Morgan fingerprint density at radius 1 is 1.12 bits per heavy atom. The minimum Gasteiger partial charge on any atom is -0.483 e. The van der Waals surface area contributed by atoms with Gasteiger partial charge in [0.1, 0.15) is 5.75 Å². The van der Waals surface area contributed by atoms with Crippen LogP contribution in [0.1, 0.15) is 15.9 Å². The highest BCUT2D eigenvalue weighted by Gasteiger charge is 2.27. The largest absolute Gasteiger partial charge is 0.483 e. The molecule has 172 valence electrons. The summed E-state index contributed by atoms with van der Waals surface area (Å²) in [4.78, 5) is 26.3. The van der Waals surface area contributed by atoms with Crippen molar-refractivity contribution in [3.8, 4) is 5.75 Å². The first kappa shape index (κ1) is 23.7. The van der Waals surface area contributed by atoms with Crippen LogP contribution >= 0.6 is 0 Å². The third-order valence-corrected chi connectivity index (χ3v) is 6.94. The maximum Gasteiger partial charge on any atom is 0.259 e. The molecule has 1 heterocycles. The summed E-state index contributed by atoms with van der Waals surface area (Å²) in [7, 11) is -0.469. The number of morpholine rings is 1. The molecular formula is C22H27N3O6S. The number of hydrogen-bond acceptors (Lipinski definition) is 6. The summed E-state index contributed by atoms with van der Waals surface area (Å²) in [6.07, 6.45) is 0. The lowest BCUT2D eigenvalue weighted by Crippen LogP contribution is -2.40. The number of para-hydroxylation sites is 1. The topological polar surface area (TPSA) is 105 Å². The first-order chi connectivity index (χ1) is 15.2. The number of hydrogen-bond donors (Lipinski definition) is 1. The molecule has 1 saturated heterocycles. The van der Waals surface area contributed by atoms with E-state index < -0.39 is 15.9 Å². The smallest absolute Gasteiger partial charge is 0.259 e. The molecule has 2 amide bonds. The molecule has 0 aliphatic carbocycles. The van der Waals surface area contributed by atoms with Crippen molar-refractivity contribution in [1.82, 2.24) is 9.21 Å². The van der Waals surface area contributed by atoms with Gasteiger partial charge < -0.3 is 19.7 Å². The van der Waals surface area contributed by atoms with E-state index in [2.05, 4.69) is 5.32 Å². The van der Waals surface area contributed by atoms with E-state index in [1.807, 2.05) is 0 Å². The van der Waals surface area contributed by atoms with Crippen molar-refractivity contribution in [2.24, 2.45) is 0 Å². The summed E-state index contributed by atoms with van der Waals surface area (Å²) < 4.78 is 38.1. The molecule has 1 N–H and O–H groups in total. The van der Waals surface area contributed by atoms with E-state index in [0.717, 1.165) is 0 Å². The van der Waals surface area contributed by atoms with Gasteiger partial charge in [-0.3, -0.25) is 9.59 Å². The summed E-state index contributed by atoms with van der Waals surface area (Å²) in [5, 5.41) is 2.77. The van der Waals surface area contributed by atoms with Gasteiger partial charge in [-0.2, -0.15) is 4.31 Å². The molecule has 1 aliphatic rings. The Kier molecular flexibility index (Phi) is 7.49. The molecule has 0 radical (unpaired) electrons. The van der Waals surface area contributed by atoms with E-state index in [-0.39, 0.29) is 41.8 Å². The third kappa shape index (κ3) is 5.45. The zero-order valence-electron chi connectivity index (χ0n) is 18.3. The van der Waals surface area contributed by atoms with Gasteiger partial charge in [-0.25, -0.2) is 8.42 Å². The maximum atomic E-state index is 13.0. The Hall–Kier alpha value is -2.95. The van der Waals surface area contributed by atoms with Gasteiger partial charge in [-0.15, -0.1) is 0 Å².